The summed E-state index contributed by atoms with van der Waals surface area (Å²) in [6.45, 7) is 4.39. The molecule has 6 rings (SSSR count). The maximum atomic E-state index is 14.5. The first kappa shape index (κ1) is 52.0. The van der Waals surface area contributed by atoms with Crippen LogP contribution in [0, 0.1) is 34.9 Å². The molecule has 0 atom stereocenters. The Bertz CT molecular complexity index is 2420. The number of hydrogen-bond donors (Lipinski definition) is 1. The Morgan fingerprint density at radius 3 is 1.50 bits per heavy atom. The molecule has 2 aromatic heterocycles. The van der Waals surface area contributed by atoms with Crippen LogP contribution in [-0.4, -0.2) is 34.2 Å². The van der Waals surface area contributed by atoms with Crippen molar-refractivity contribution in [3.05, 3.63) is 155 Å². The van der Waals surface area contributed by atoms with Crippen LogP contribution in [0.4, 0.5) is 26.3 Å². The zero-order valence-corrected chi connectivity index (χ0v) is 38.8. The second-order valence-corrected chi connectivity index (χ2v) is 18.0. The highest BCUT2D eigenvalue weighted by molar-refractivity contribution is 9.10. The van der Waals surface area contributed by atoms with Crippen LogP contribution in [-0.2, 0) is 25.7 Å². The van der Waals surface area contributed by atoms with E-state index in [1.54, 1.807) is 29.8 Å². The van der Waals surface area contributed by atoms with E-state index in [0.29, 0.717) is 23.3 Å². The highest BCUT2D eigenvalue weighted by Crippen LogP contribution is 2.26. The number of aryl methyl sites for hydroxylation is 2. The number of carbonyl (C=O) groups excluding carboxylic acids is 2. The summed E-state index contributed by atoms with van der Waals surface area (Å²) in [4.78, 5) is 35.2. The standard InChI is InChI=1S/C24H24F3NOS.C18H21BrFNOS.C6H4BF2O2/c1-2-3-4-5-6-7-24-28-15-18(30-24)14-23(29)19-10-8-16(12-21(19)26)17-9-11-20(25)22(27)13-17;1-2-3-4-5-6-7-18-21-12-14(23-18)11-17(22)15-9-8-13(19)10-16(15)20;8-5-2-1-4(11-7-10)3-6(5)9/h8-13,15H,2-7,14H2,1H3;8-10,12H,2-7,11H2,1H3;1-3,10H. The van der Waals surface area contributed by atoms with Gasteiger partial charge in [-0.15, -0.1) is 22.7 Å². The quantitative estimate of drug-likeness (QED) is 0.0334. The Labute approximate surface area is 387 Å². The van der Waals surface area contributed by atoms with Gasteiger partial charge < -0.3 is 9.68 Å². The summed E-state index contributed by atoms with van der Waals surface area (Å²) in [5.41, 5.74) is 0.850. The molecule has 0 unspecified atom stereocenters. The van der Waals surface area contributed by atoms with Gasteiger partial charge in [0.05, 0.1) is 21.1 Å². The van der Waals surface area contributed by atoms with Crippen molar-refractivity contribution in [1.29, 1.82) is 0 Å². The summed E-state index contributed by atoms with van der Waals surface area (Å²) in [5, 5.41) is 10.2. The second-order valence-electron chi connectivity index (χ2n) is 14.7. The van der Waals surface area contributed by atoms with Gasteiger partial charge in [0, 0.05) is 45.5 Å². The summed E-state index contributed by atoms with van der Waals surface area (Å²) in [7, 11) is 0.396. The van der Waals surface area contributed by atoms with Gasteiger partial charge in [-0.05, 0) is 91.4 Å². The van der Waals surface area contributed by atoms with Crippen LogP contribution >= 0.6 is 38.6 Å². The fourth-order valence-electron chi connectivity index (χ4n) is 6.28. The third-order valence-electron chi connectivity index (χ3n) is 9.69. The van der Waals surface area contributed by atoms with Gasteiger partial charge in [0.1, 0.15) is 17.4 Å². The number of aromatic nitrogens is 2. The Morgan fingerprint density at radius 1 is 0.578 bits per heavy atom. The minimum atomic E-state index is -1.01. The predicted octanol–water partition coefficient (Wildman–Crippen LogP) is 14.0. The van der Waals surface area contributed by atoms with Crippen LogP contribution in [0.5, 0.6) is 5.75 Å². The van der Waals surface area contributed by atoms with E-state index in [4.69, 9.17) is 5.02 Å². The molecule has 16 heteroatoms. The number of benzene rings is 4. The van der Waals surface area contributed by atoms with E-state index in [0.717, 1.165) is 69.7 Å². The molecule has 0 aliphatic heterocycles. The molecule has 64 heavy (non-hydrogen) atoms. The van der Waals surface area contributed by atoms with Crippen LogP contribution in [0.1, 0.15) is 119 Å². The fourth-order valence-corrected chi connectivity index (χ4v) is 8.54. The van der Waals surface area contributed by atoms with Gasteiger partial charge in [0.2, 0.25) is 0 Å². The number of unbranched alkanes of at least 4 members (excludes halogenated alkanes) is 8. The van der Waals surface area contributed by atoms with Gasteiger partial charge in [-0.2, -0.15) is 0 Å². The Balaban J connectivity index is 0.000000232. The first-order chi connectivity index (χ1) is 30.8. The zero-order valence-electron chi connectivity index (χ0n) is 35.6. The highest BCUT2D eigenvalue weighted by Gasteiger charge is 2.17. The predicted molar refractivity (Wildman–Crippen MR) is 246 cm³/mol. The number of rotatable bonds is 21. The maximum absolute atomic E-state index is 14.5. The molecule has 0 amide bonds. The Morgan fingerprint density at radius 2 is 1.03 bits per heavy atom. The SMILES string of the molecule is CCCCCCCc1ncc(CC(=O)c2ccc(-c3ccc(F)c(F)c3)cc2F)s1.CCCCCCCc1ncc(CC(=O)c2ccc(Br)cc2F)s1.O[B]Oc1ccc(F)c(F)c1. The molecule has 2 heterocycles. The van der Waals surface area contributed by atoms with Gasteiger partial charge in [-0.1, -0.05) is 93.3 Å². The molecule has 1 radical (unpaired) electrons. The zero-order chi connectivity index (χ0) is 46.4. The minimum Gasteiger partial charge on any atom is -0.537 e. The van der Waals surface area contributed by atoms with Crippen LogP contribution in [0.15, 0.2) is 89.7 Å². The van der Waals surface area contributed by atoms with E-state index in [1.807, 2.05) is 0 Å². The average molecular weight is 987 g/mol. The van der Waals surface area contributed by atoms with Crippen molar-refractivity contribution in [2.45, 2.75) is 104 Å². The van der Waals surface area contributed by atoms with Crippen molar-refractivity contribution >= 4 is 57.9 Å². The summed E-state index contributed by atoms with van der Waals surface area (Å²) in [5.74, 6) is -5.56. The lowest BCUT2D eigenvalue weighted by atomic mass is 10.0. The number of halogens is 7. The third kappa shape index (κ3) is 17.4. The van der Waals surface area contributed by atoms with E-state index in [2.05, 4.69) is 44.4 Å². The molecule has 6 aromatic rings. The van der Waals surface area contributed by atoms with E-state index in [1.165, 1.54) is 105 Å². The topological polar surface area (TPSA) is 89.4 Å². The third-order valence-corrected chi connectivity index (χ3v) is 12.3. The molecule has 0 aliphatic rings. The van der Waals surface area contributed by atoms with Crippen molar-refractivity contribution in [3.8, 4) is 16.9 Å². The number of thiazole rings is 2. The summed E-state index contributed by atoms with van der Waals surface area (Å²) >= 11 is 6.26. The number of ketones is 2. The van der Waals surface area contributed by atoms with Crippen molar-refractivity contribution in [3.63, 3.8) is 0 Å². The van der Waals surface area contributed by atoms with E-state index >= 15 is 0 Å². The molecule has 0 saturated carbocycles. The summed E-state index contributed by atoms with van der Waals surface area (Å²) in [6.07, 6.45) is 17.7. The van der Waals surface area contributed by atoms with E-state index < -0.39 is 34.9 Å². The van der Waals surface area contributed by atoms with Crippen molar-refractivity contribution < 1.29 is 45.6 Å². The summed E-state index contributed by atoms with van der Waals surface area (Å²) in [6, 6.07) is 15.0. The number of hydrogen-bond acceptors (Lipinski definition) is 8. The van der Waals surface area contributed by atoms with Crippen LogP contribution in [0.2, 0.25) is 0 Å². The maximum Gasteiger partial charge on any atom is 0.569 e. The number of Topliss-reactive ketones (excluding diaryl/α,β-unsaturated/α-hetero) is 2. The molecular weight excluding hydrogens is 937 g/mol. The lowest BCUT2D eigenvalue weighted by molar-refractivity contribution is 0.0981. The van der Waals surface area contributed by atoms with Crippen molar-refractivity contribution in [2.75, 3.05) is 0 Å². The average Bonchev–Trinajstić information content (AvgIpc) is 3.92. The molecule has 0 bridgehead atoms. The largest absolute Gasteiger partial charge is 0.569 e. The van der Waals surface area contributed by atoms with Crippen molar-refractivity contribution in [1.82, 2.24) is 9.97 Å². The van der Waals surface area contributed by atoms with Gasteiger partial charge in [-0.25, -0.2) is 36.3 Å². The number of nitrogens with zero attached hydrogens (tertiary/aromatic N) is 2. The molecule has 0 saturated heterocycles. The lowest BCUT2D eigenvalue weighted by Gasteiger charge is -2.06. The minimum absolute atomic E-state index is 0.0177. The van der Waals surface area contributed by atoms with Gasteiger partial charge in [0.15, 0.2) is 34.8 Å². The molecule has 0 aliphatic carbocycles. The second kappa shape index (κ2) is 27.6. The van der Waals surface area contributed by atoms with Gasteiger partial charge >= 0.3 is 7.69 Å². The summed E-state index contributed by atoms with van der Waals surface area (Å²) < 4.78 is 84.5. The van der Waals surface area contributed by atoms with Gasteiger partial charge in [0.25, 0.3) is 0 Å². The smallest absolute Gasteiger partial charge is 0.537 e. The first-order valence-corrected chi connectivity index (χ1v) is 23.5. The molecule has 339 valence electrons. The normalized spacial score (nSPS) is 10.7. The van der Waals surface area contributed by atoms with Crippen LogP contribution < -0.4 is 4.65 Å². The van der Waals surface area contributed by atoms with E-state index in [-0.39, 0.29) is 41.3 Å². The molecular formula is C48H49BBrF6N2O4S2. The Hall–Kier alpha value is -4.64. The van der Waals surface area contributed by atoms with E-state index in [9.17, 15) is 35.9 Å². The fraction of sp³-hybridized carbons (Fsp3) is 0.333. The highest BCUT2D eigenvalue weighted by atomic mass is 79.9. The molecule has 0 spiro atoms. The molecule has 4 aromatic carbocycles. The molecule has 0 fully saturated rings. The van der Waals surface area contributed by atoms with Crippen LogP contribution in [0.3, 0.4) is 0 Å². The van der Waals surface area contributed by atoms with Gasteiger partial charge in [-0.3, -0.25) is 9.59 Å². The van der Waals surface area contributed by atoms with Crippen molar-refractivity contribution in [2.24, 2.45) is 0 Å². The number of carbonyl (C=O) groups is 2. The molecule has 6 nitrogen and oxygen atoms in total. The first-order valence-electron chi connectivity index (χ1n) is 21.0. The van der Waals surface area contributed by atoms with Crippen LogP contribution in [0.25, 0.3) is 11.1 Å². The Kier molecular flexibility index (Phi) is 22.5. The monoisotopic (exact) mass is 985 g/mol. The molecule has 1 N–H and O–H groups in total. The lowest BCUT2D eigenvalue weighted by Crippen LogP contribution is -2.05.